The molecule has 7 heteroatoms. The lowest BCUT2D eigenvalue weighted by molar-refractivity contribution is 0.0671. The van der Waals surface area contributed by atoms with Crippen molar-refractivity contribution in [1.82, 2.24) is 0 Å². The Balaban J connectivity index is 2.08. The first-order valence-electron chi connectivity index (χ1n) is 7.01. The number of sulfone groups is 1. The van der Waals surface area contributed by atoms with Crippen LogP contribution in [0.2, 0.25) is 0 Å². The third-order valence-corrected chi connectivity index (χ3v) is 4.99. The summed E-state index contributed by atoms with van der Waals surface area (Å²) in [6.45, 7) is 3.59. The fourth-order valence-electron chi connectivity index (χ4n) is 2.13. The molecule has 0 saturated carbocycles. The van der Waals surface area contributed by atoms with Crippen molar-refractivity contribution in [3.63, 3.8) is 0 Å². The van der Waals surface area contributed by atoms with Gasteiger partial charge in [0.05, 0.1) is 16.8 Å². The van der Waals surface area contributed by atoms with Crippen LogP contribution >= 0.6 is 0 Å². The predicted molar refractivity (Wildman–Crippen MR) is 78.6 cm³/mol. The van der Waals surface area contributed by atoms with E-state index in [4.69, 9.17) is 19.9 Å². The van der Waals surface area contributed by atoms with Crippen molar-refractivity contribution in [1.29, 1.82) is 0 Å². The molecule has 1 aromatic carbocycles. The summed E-state index contributed by atoms with van der Waals surface area (Å²) in [5.74, 6) is 1.05. The highest BCUT2D eigenvalue weighted by Crippen LogP contribution is 2.32. The van der Waals surface area contributed by atoms with Crippen molar-refractivity contribution in [2.75, 3.05) is 32.1 Å². The highest BCUT2D eigenvalue weighted by Gasteiger charge is 2.21. The molecule has 0 saturated heterocycles. The normalized spacial score (nSPS) is 15.7. The average molecular weight is 315 g/mol. The number of fused-ring (bicyclic) bond motifs is 1. The number of hydrogen-bond donors (Lipinski definition) is 1. The Hall–Kier alpha value is -1.31. The van der Waals surface area contributed by atoms with Gasteiger partial charge in [-0.3, -0.25) is 0 Å². The number of nitrogens with two attached hydrogens (primary N) is 1. The molecule has 0 bridgehead atoms. The third-order valence-electron chi connectivity index (χ3n) is 3.25. The van der Waals surface area contributed by atoms with Gasteiger partial charge in [0.1, 0.15) is 13.2 Å². The van der Waals surface area contributed by atoms with Gasteiger partial charge in [0.15, 0.2) is 21.3 Å². The molecular formula is C14H21NO5S. The highest BCUT2D eigenvalue weighted by atomic mass is 32.2. The predicted octanol–water partition coefficient (Wildman–Crippen LogP) is 0.985. The Morgan fingerprint density at radius 3 is 2.67 bits per heavy atom. The van der Waals surface area contributed by atoms with E-state index < -0.39 is 9.84 Å². The van der Waals surface area contributed by atoms with E-state index in [1.807, 2.05) is 6.92 Å². The van der Waals surface area contributed by atoms with E-state index in [1.54, 1.807) is 12.1 Å². The topological polar surface area (TPSA) is 87.9 Å². The summed E-state index contributed by atoms with van der Waals surface area (Å²) in [5, 5.41) is 0. The summed E-state index contributed by atoms with van der Waals surface area (Å²) < 4.78 is 40.9. The lowest BCUT2D eigenvalue weighted by atomic mass is 10.3. The number of benzene rings is 1. The minimum absolute atomic E-state index is 0.00545. The Labute approximate surface area is 125 Å². The van der Waals surface area contributed by atoms with E-state index in [-0.39, 0.29) is 16.8 Å². The minimum atomic E-state index is -3.39. The summed E-state index contributed by atoms with van der Waals surface area (Å²) >= 11 is 0. The number of rotatable bonds is 7. The highest BCUT2D eigenvalue weighted by molar-refractivity contribution is 7.91. The van der Waals surface area contributed by atoms with Crippen LogP contribution in [0, 0.1) is 0 Å². The molecular weight excluding hydrogens is 294 g/mol. The molecule has 1 aliphatic heterocycles. The molecule has 1 unspecified atom stereocenters. The Morgan fingerprint density at radius 1 is 1.29 bits per heavy atom. The van der Waals surface area contributed by atoms with Crippen molar-refractivity contribution in [2.45, 2.75) is 24.3 Å². The van der Waals surface area contributed by atoms with Crippen LogP contribution in [0.3, 0.4) is 0 Å². The van der Waals surface area contributed by atoms with Crippen molar-refractivity contribution < 1.29 is 22.6 Å². The van der Waals surface area contributed by atoms with Crippen LogP contribution in [0.15, 0.2) is 23.1 Å². The quantitative estimate of drug-likeness (QED) is 0.807. The molecule has 1 aromatic rings. The molecule has 0 amide bonds. The van der Waals surface area contributed by atoms with Gasteiger partial charge in [-0.1, -0.05) is 0 Å². The van der Waals surface area contributed by atoms with Gasteiger partial charge >= 0.3 is 0 Å². The average Bonchev–Trinajstić information content (AvgIpc) is 2.51. The van der Waals surface area contributed by atoms with Crippen LogP contribution in [0.1, 0.15) is 13.3 Å². The monoisotopic (exact) mass is 315 g/mol. The molecule has 21 heavy (non-hydrogen) atoms. The summed E-state index contributed by atoms with van der Waals surface area (Å²) in [4.78, 5) is 0.235. The third kappa shape index (κ3) is 4.09. The smallest absolute Gasteiger partial charge is 0.178 e. The van der Waals surface area contributed by atoms with Crippen LogP contribution in [0.25, 0.3) is 0 Å². The molecule has 0 aliphatic carbocycles. The van der Waals surface area contributed by atoms with Crippen LogP contribution in [-0.2, 0) is 14.6 Å². The largest absolute Gasteiger partial charge is 0.486 e. The van der Waals surface area contributed by atoms with Gasteiger partial charge in [-0.15, -0.1) is 0 Å². The van der Waals surface area contributed by atoms with Gasteiger partial charge in [0.2, 0.25) is 0 Å². The maximum absolute atomic E-state index is 12.3. The van der Waals surface area contributed by atoms with Crippen LogP contribution in [0.5, 0.6) is 11.5 Å². The Kier molecular flexibility index (Phi) is 5.44. The van der Waals surface area contributed by atoms with E-state index in [2.05, 4.69) is 0 Å². The molecule has 6 nitrogen and oxygen atoms in total. The van der Waals surface area contributed by atoms with E-state index >= 15 is 0 Å². The molecule has 1 aliphatic rings. The summed E-state index contributed by atoms with van der Waals surface area (Å²) in [7, 11) is -3.39. The molecule has 0 radical (unpaired) electrons. The standard InChI is InChI=1S/C14H21NO5S/c1-2-18-11(10-15)5-8-21(16,17)12-3-4-13-14(9-12)20-7-6-19-13/h3-4,9,11H,2,5-8,10,15H2,1H3. The molecule has 0 spiro atoms. The first-order chi connectivity index (χ1) is 10.1. The van der Waals surface area contributed by atoms with Crippen LogP contribution in [-0.4, -0.2) is 46.6 Å². The van der Waals surface area contributed by atoms with Crippen molar-refractivity contribution in [3.05, 3.63) is 18.2 Å². The molecule has 2 N–H and O–H groups in total. The zero-order chi connectivity index (χ0) is 15.3. The van der Waals surface area contributed by atoms with Gasteiger partial charge in [-0.25, -0.2) is 8.42 Å². The molecule has 0 aromatic heterocycles. The van der Waals surface area contributed by atoms with Crippen molar-refractivity contribution in [3.8, 4) is 11.5 Å². The molecule has 0 fully saturated rings. The lowest BCUT2D eigenvalue weighted by Crippen LogP contribution is -2.26. The van der Waals surface area contributed by atoms with Gasteiger partial charge in [-0.05, 0) is 25.5 Å². The van der Waals surface area contributed by atoms with Crippen LogP contribution in [0.4, 0.5) is 0 Å². The maximum atomic E-state index is 12.3. The minimum Gasteiger partial charge on any atom is -0.486 e. The van der Waals surface area contributed by atoms with E-state index in [0.29, 0.717) is 44.3 Å². The first-order valence-corrected chi connectivity index (χ1v) is 8.66. The fourth-order valence-corrected chi connectivity index (χ4v) is 3.50. The first kappa shape index (κ1) is 16.1. The van der Waals surface area contributed by atoms with E-state index in [1.165, 1.54) is 6.07 Å². The van der Waals surface area contributed by atoms with Crippen molar-refractivity contribution in [2.24, 2.45) is 5.73 Å². The SMILES string of the molecule is CCOC(CN)CCS(=O)(=O)c1ccc2c(c1)OCCO2. The fraction of sp³-hybridized carbons (Fsp3) is 0.571. The Bertz CT molecular complexity index is 573. The summed E-state index contributed by atoms with van der Waals surface area (Å²) in [6.07, 6.45) is 0.142. The zero-order valence-electron chi connectivity index (χ0n) is 12.1. The van der Waals surface area contributed by atoms with Gasteiger partial charge < -0.3 is 19.9 Å². The second kappa shape index (κ2) is 7.11. The maximum Gasteiger partial charge on any atom is 0.178 e. The Morgan fingerprint density at radius 2 is 2.00 bits per heavy atom. The van der Waals surface area contributed by atoms with Crippen molar-refractivity contribution >= 4 is 9.84 Å². The molecule has 2 rings (SSSR count). The van der Waals surface area contributed by atoms with Gasteiger partial charge in [-0.2, -0.15) is 0 Å². The molecule has 118 valence electrons. The second-order valence-electron chi connectivity index (χ2n) is 4.73. The summed E-state index contributed by atoms with van der Waals surface area (Å²) in [6, 6.07) is 4.69. The van der Waals surface area contributed by atoms with E-state index in [9.17, 15) is 8.42 Å². The number of hydrogen-bond acceptors (Lipinski definition) is 6. The molecule has 1 heterocycles. The summed E-state index contributed by atoms with van der Waals surface area (Å²) in [5.41, 5.74) is 5.56. The van der Waals surface area contributed by atoms with Crippen LogP contribution < -0.4 is 15.2 Å². The zero-order valence-corrected chi connectivity index (χ0v) is 12.9. The lowest BCUT2D eigenvalue weighted by Gasteiger charge is -2.19. The number of ether oxygens (including phenoxy) is 3. The molecule has 1 atom stereocenters. The van der Waals surface area contributed by atoms with Gasteiger partial charge in [0.25, 0.3) is 0 Å². The van der Waals surface area contributed by atoms with E-state index in [0.717, 1.165) is 0 Å². The van der Waals surface area contributed by atoms with Gasteiger partial charge in [0, 0.05) is 19.2 Å². The second-order valence-corrected chi connectivity index (χ2v) is 6.84.